The van der Waals surface area contributed by atoms with Crippen LogP contribution in [0.2, 0.25) is 0 Å². The minimum absolute atomic E-state index is 0.185. The van der Waals surface area contributed by atoms with E-state index in [1.165, 1.54) is 0 Å². The van der Waals surface area contributed by atoms with Gasteiger partial charge in [0.15, 0.2) is 0 Å². The summed E-state index contributed by atoms with van der Waals surface area (Å²) in [6.45, 7) is 8.33. The summed E-state index contributed by atoms with van der Waals surface area (Å²) in [7, 11) is 0. The summed E-state index contributed by atoms with van der Waals surface area (Å²) in [4.78, 5) is 10.9. The summed E-state index contributed by atoms with van der Waals surface area (Å²) < 4.78 is 4.96. The van der Waals surface area contributed by atoms with Crippen LogP contribution < -0.4 is 5.32 Å². The molecule has 0 aromatic carbocycles. The van der Waals surface area contributed by atoms with Crippen molar-refractivity contribution in [2.45, 2.75) is 20.8 Å². The Labute approximate surface area is 84.6 Å². The fraction of sp³-hybridized carbons (Fsp3) is 0.900. The van der Waals surface area contributed by atoms with Gasteiger partial charge in [0.1, 0.15) is 5.41 Å². The Bertz CT molecular complexity index is 216. The summed E-state index contributed by atoms with van der Waals surface area (Å²) in [5.74, 6) is -0.759. The summed E-state index contributed by atoms with van der Waals surface area (Å²) in [5, 5.41) is 12.2. The van der Waals surface area contributed by atoms with Gasteiger partial charge < -0.3 is 15.2 Å². The Morgan fingerprint density at radius 2 is 2.07 bits per heavy atom. The molecule has 1 rings (SSSR count). The van der Waals surface area contributed by atoms with Gasteiger partial charge in [-0.05, 0) is 5.41 Å². The predicted molar refractivity (Wildman–Crippen MR) is 53.2 cm³/mol. The van der Waals surface area contributed by atoms with E-state index in [4.69, 9.17) is 9.84 Å². The van der Waals surface area contributed by atoms with E-state index >= 15 is 0 Å². The third kappa shape index (κ3) is 2.69. The van der Waals surface area contributed by atoms with Crippen molar-refractivity contribution in [3.05, 3.63) is 0 Å². The van der Waals surface area contributed by atoms with Gasteiger partial charge in [-0.15, -0.1) is 0 Å². The molecule has 0 radical (unpaired) electrons. The predicted octanol–water partition coefficient (Wildman–Crippen LogP) is 0.723. The molecule has 1 heterocycles. The zero-order chi connectivity index (χ0) is 10.8. The highest BCUT2D eigenvalue weighted by atomic mass is 16.5. The number of rotatable bonds is 4. The topological polar surface area (TPSA) is 58.6 Å². The van der Waals surface area contributed by atoms with Crippen LogP contribution in [0.3, 0.4) is 0 Å². The van der Waals surface area contributed by atoms with Crippen LogP contribution in [-0.4, -0.2) is 37.4 Å². The summed E-state index contributed by atoms with van der Waals surface area (Å²) in [6.07, 6.45) is 0. The quantitative estimate of drug-likeness (QED) is 0.703. The molecule has 0 aromatic rings. The van der Waals surface area contributed by atoms with Crippen molar-refractivity contribution < 1.29 is 14.6 Å². The van der Waals surface area contributed by atoms with Gasteiger partial charge in [0.2, 0.25) is 0 Å². The standard InChI is InChI=1S/C10H19NO3/c1-9(2,3)4-11-5-10(8(12)13)6-14-7-10/h11H,4-7H2,1-3H3,(H,12,13). The van der Waals surface area contributed by atoms with Gasteiger partial charge in [0.05, 0.1) is 13.2 Å². The molecule has 1 aliphatic heterocycles. The lowest BCUT2D eigenvalue weighted by Crippen LogP contribution is -2.55. The second-order valence-corrected chi connectivity index (χ2v) is 5.24. The highest BCUT2D eigenvalue weighted by Crippen LogP contribution is 2.27. The molecule has 0 saturated carbocycles. The van der Waals surface area contributed by atoms with Gasteiger partial charge >= 0.3 is 5.97 Å². The Kier molecular flexibility index (Phi) is 3.17. The van der Waals surface area contributed by atoms with Crippen molar-refractivity contribution >= 4 is 5.97 Å². The number of aliphatic carboxylic acids is 1. The van der Waals surface area contributed by atoms with Crippen LogP contribution in [0.5, 0.6) is 0 Å². The van der Waals surface area contributed by atoms with E-state index < -0.39 is 11.4 Å². The fourth-order valence-electron chi connectivity index (χ4n) is 1.33. The van der Waals surface area contributed by atoms with Crippen LogP contribution in [0.15, 0.2) is 0 Å². The van der Waals surface area contributed by atoms with Crippen LogP contribution in [0.4, 0.5) is 0 Å². The van der Waals surface area contributed by atoms with E-state index in [0.29, 0.717) is 19.8 Å². The lowest BCUT2D eigenvalue weighted by atomic mass is 9.85. The van der Waals surface area contributed by atoms with E-state index in [0.717, 1.165) is 6.54 Å². The van der Waals surface area contributed by atoms with Gasteiger partial charge in [-0.1, -0.05) is 20.8 Å². The van der Waals surface area contributed by atoms with Crippen molar-refractivity contribution in [1.82, 2.24) is 5.32 Å². The molecule has 82 valence electrons. The third-order valence-electron chi connectivity index (χ3n) is 2.33. The molecule has 0 spiro atoms. The normalized spacial score (nSPS) is 20.2. The molecule has 0 atom stereocenters. The highest BCUT2D eigenvalue weighted by molar-refractivity contribution is 5.76. The molecule has 2 N–H and O–H groups in total. The molecular formula is C10H19NO3. The SMILES string of the molecule is CC(C)(C)CNCC1(C(=O)O)COC1. The Morgan fingerprint density at radius 1 is 1.50 bits per heavy atom. The average Bonchev–Trinajstić information content (AvgIpc) is 1.91. The average molecular weight is 201 g/mol. The largest absolute Gasteiger partial charge is 0.481 e. The van der Waals surface area contributed by atoms with Gasteiger partial charge in [-0.2, -0.15) is 0 Å². The molecule has 14 heavy (non-hydrogen) atoms. The van der Waals surface area contributed by atoms with Crippen molar-refractivity contribution in [2.24, 2.45) is 10.8 Å². The first kappa shape index (κ1) is 11.5. The molecular weight excluding hydrogens is 182 g/mol. The number of carboxylic acid groups (broad SMARTS) is 1. The number of hydrogen-bond acceptors (Lipinski definition) is 3. The van der Waals surface area contributed by atoms with Crippen LogP contribution in [0, 0.1) is 10.8 Å². The Balaban J connectivity index is 2.33. The highest BCUT2D eigenvalue weighted by Gasteiger charge is 2.45. The third-order valence-corrected chi connectivity index (χ3v) is 2.33. The fourth-order valence-corrected chi connectivity index (χ4v) is 1.33. The van der Waals surface area contributed by atoms with Gasteiger partial charge in [-0.3, -0.25) is 4.79 Å². The molecule has 0 bridgehead atoms. The minimum Gasteiger partial charge on any atom is -0.481 e. The van der Waals surface area contributed by atoms with Gasteiger partial charge in [0, 0.05) is 13.1 Å². The van der Waals surface area contributed by atoms with Crippen LogP contribution in [-0.2, 0) is 9.53 Å². The zero-order valence-corrected chi connectivity index (χ0v) is 9.09. The molecule has 0 unspecified atom stereocenters. The number of carboxylic acids is 1. The summed E-state index contributed by atoms with van der Waals surface area (Å²) >= 11 is 0. The van der Waals surface area contributed by atoms with E-state index in [1.807, 2.05) is 0 Å². The molecule has 4 heteroatoms. The van der Waals surface area contributed by atoms with Crippen molar-refractivity contribution in [2.75, 3.05) is 26.3 Å². The minimum atomic E-state index is -0.759. The van der Waals surface area contributed by atoms with Crippen molar-refractivity contribution in [3.63, 3.8) is 0 Å². The van der Waals surface area contributed by atoms with Crippen molar-refractivity contribution in [3.8, 4) is 0 Å². The van der Waals surface area contributed by atoms with E-state index in [9.17, 15) is 4.79 Å². The maximum atomic E-state index is 10.9. The van der Waals surface area contributed by atoms with Gasteiger partial charge in [0.25, 0.3) is 0 Å². The molecule has 0 amide bonds. The molecule has 0 aliphatic carbocycles. The Morgan fingerprint density at radius 3 is 2.36 bits per heavy atom. The maximum Gasteiger partial charge on any atom is 0.315 e. The molecule has 1 fully saturated rings. The van der Waals surface area contributed by atoms with E-state index in [2.05, 4.69) is 26.1 Å². The maximum absolute atomic E-state index is 10.9. The summed E-state index contributed by atoms with van der Waals surface area (Å²) in [6, 6.07) is 0. The van der Waals surface area contributed by atoms with Crippen LogP contribution in [0.25, 0.3) is 0 Å². The number of hydrogen-bond donors (Lipinski definition) is 2. The molecule has 1 aliphatic rings. The van der Waals surface area contributed by atoms with E-state index in [1.54, 1.807) is 0 Å². The molecule has 0 aromatic heterocycles. The second-order valence-electron chi connectivity index (χ2n) is 5.24. The van der Waals surface area contributed by atoms with E-state index in [-0.39, 0.29) is 5.41 Å². The lowest BCUT2D eigenvalue weighted by molar-refractivity contribution is -0.178. The van der Waals surface area contributed by atoms with Crippen LogP contribution in [0.1, 0.15) is 20.8 Å². The van der Waals surface area contributed by atoms with Crippen molar-refractivity contribution in [1.29, 1.82) is 0 Å². The monoisotopic (exact) mass is 201 g/mol. The second kappa shape index (κ2) is 3.87. The number of ether oxygens (including phenoxy) is 1. The lowest BCUT2D eigenvalue weighted by Gasteiger charge is -2.38. The Hall–Kier alpha value is -0.610. The molecule has 4 nitrogen and oxygen atoms in total. The van der Waals surface area contributed by atoms with Crippen LogP contribution >= 0.6 is 0 Å². The number of nitrogens with one attached hydrogen (secondary N) is 1. The smallest absolute Gasteiger partial charge is 0.315 e. The first-order valence-electron chi connectivity index (χ1n) is 4.88. The first-order valence-corrected chi connectivity index (χ1v) is 4.88. The summed E-state index contributed by atoms with van der Waals surface area (Å²) in [5.41, 5.74) is -0.491. The molecule has 1 saturated heterocycles. The zero-order valence-electron chi connectivity index (χ0n) is 9.09. The first-order chi connectivity index (χ1) is 6.36. The number of carbonyl (C=O) groups is 1. The van der Waals surface area contributed by atoms with Gasteiger partial charge in [-0.25, -0.2) is 0 Å².